The first kappa shape index (κ1) is 18.5. The number of carbonyl (C=O) groups excluding carboxylic acids is 2. The van der Waals surface area contributed by atoms with Crippen LogP contribution in [-0.4, -0.2) is 61.7 Å². The van der Waals surface area contributed by atoms with Crippen LogP contribution in [0.1, 0.15) is 31.4 Å². The molecule has 3 heterocycles. The van der Waals surface area contributed by atoms with E-state index in [1.165, 1.54) is 19.9 Å². The second kappa shape index (κ2) is 8.87. The van der Waals surface area contributed by atoms with E-state index in [9.17, 15) is 9.59 Å². The Morgan fingerprint density at radius 1 is 1.19 bits per heavy atom. The average Bonchev–Trinajstić information content (AvgIpc) is 3.21. The van der Waals surface area contributed by atoms with Gasteiger partial charge in [0, 0.05) is 38.9 Å². The van der Waals surface area contributed by atoms with Crippen molar-refractivity contribution in [2.24, 2.45) is 5.92 Å². The van der Waals surface area contributed by atoms with E-state index in [2.05, 4.69) is 28.4 Å². The molecule has 2 fully saturated rings. The van der Waals surface area contributed by atoms with Crippen molar-refractivity contribution in [2.45, 2.75) is 32.1 Å². The van der Waals surface area contributed by atoms with Crippen molar-refractivity contribution in [1.29, 1.82) is 0 Å². The number of ether oxygens (including phenoxy) is 1. The normalized spacial score (nSPS) is 18.0. The van der Waals surface area contributed by atoms with Crippen LogP contribution in [0.2, 0.25) is 0 Å². The molecule has 0 radical (unpaired) electrons. The lowest BCUT2D eigenvalue weighted by Crippen LogP contribution is -2.40. The maximum atomic E-state index is 12.0. The number of amides is 2. The van der Waals surface area contributed by atoms with E-state index >= 15 is 0 Å². The van der Waals surface area contributed by atoms with Gasteiger partial charge in [-0.2, -0.15) is 0 Å². The van der Waals surface area contributed by atoms with E-state index < -0.39 is 6.09 Å². The summed E-state index contributed by atoms with van der Waals surface area (Å²) < 4.78 is 5.02. The Balaban J connectivity index is 1.46. The SMILES string of the molecule is CNC(=O)COC(=O)N1CCC(Cc2cccc(N3CCCC3)n2)CC1. The van der Waals surface area contributed by atoms with Gasteiger partial charge >= 0.3 is 6.09 Å². The fourth-order valence-electron chi connectivity index (χ4n) is 3.61. The summed E-state index contributed by atoms with van der Waals surface area (Å²) in [6.45, 7) is 3.33. The summed E-state index contributed by atoms with van der Waals surface area (Å²) in [4.78, 5) is 32.0. The molecule has 1 aromatic heterocycles. The summed E-state index contributed by atoms with van der Waals surface area (Å²) >= 11 is 0. The summed E-state index contributed by atoms with van der Waals surface area (Å²) in [6, 6.07) is 6.30. The number of anilines is 1. The zero-order valence-corrected chi connectivity index (χ0v) is 15.4. The first-order valence-electron chi connectivity index (χ1n) is 9.49. The third-order valence-corrected chi connectivity index (χ3v) is 5.20. The van der Waals surface area contributed by atoms with Gasteiger partial charge < -0.3 is 19.9 Å². The van der Waals surface area contributed by atoms with Crippen molar-refractivity contribution in [3.8, 4) is 0 Å². The number of aromatic nitrogens is 1. The molecule has 2 amide bonds. The molecule has 26 heavy (non-hydrogen) atoms. The number of pyridine rings is 1. The van der Waals surface area contributed by atoms with Gasteiger partial charge in [0.15, 0.2) is 6.61 Å². The number of hydrogen-bond donors (Lipinski definition) is 1. The van der Waals surface area contributed by atoms with Crippen molar-refractivity contribution >= 4 is 17.8 Å². The van der Waals surface area contributed by atoms with E-state index in [4.69, 9.17) is 9.72 Å². The first-order chi connectivity index (χ1) is 12.7. The van der Waals surface area contributed by atoms with Crippen LogP contribution in [0.5, 0.6) is 0 Å². The predicted octanol–water partition coefficient (Wildman–Crippen LogP) is 1.82. The van der Waals surface area contributed by atoms with E-state index in [0.717, 1.165) is 43.9 Å². The van der Waals surface area contributed by atoms with Crippen LogP contribution in [0.4, 0.5) is 10.6 Å². The summed E-state index contributed by atoms with van der Waals surface area (Å²) in [5.74, 6) is 1.33. The Hall–Kier alpha value is -2.31. The van der Waals surface area contributed by atoms with Gasteiger partial charge in [0.2, 0.25) is 0 Å². The van der Waals surface area contributed by atoms with Crippen LogP contribution in [0.15, 0.2) is 18.2 Å². The largest absolute Gasteiger partial charge is 0.439 e. The van der Waals surface area contributed by atoms with E-state index in [-0.39, 0.29) is 12.5 Å². The second-order valence-corrected chi connectivity index (χ2v) is 7.04. The molecule has 0 aromatic carbocycles. The number of carbonyl (C=O) groups is 2. The molecular weight excluding hydrogens is 332 g/mol. The Bertz CT molecular complexity index is 623. The van der Waals surface area contributed by atoms with Crippen molar-refractivity contribution in [3.05, 3.63) is 23.9 Å². The lowest BCUT2D eigenvalue weighted by atomic mass is 9.92. The van der Waals surface area contributed by atoms with E-state index in [1.54, 1.807) is 4.90 Å². The topological polar surface area (TPSA) is 74.8 Å². The molecule has 0 unspecified atom stereocenters. The molecule has 0 spiro atoms. The highest BCUT2D eigenvalue weighted by molar-refractivity contribution is 5.79. The monoisotopic (exact) mass is 360 g/mol. The molecule has 7 nitrogen and oxygen atoms in total. The minimum absolute atomic E-state index is 0.220. The molecule has 2 aliphatic rings. The van der Waals surface area contributed by atoms with Crippen LogP contribution in [0.25, 0.3) is 0 Å². The maximum absolute atomic E-state index is 12.0. The highest BCUT2D eigenvalue weighted by atomic mass is 16.6. The summed E-state index contributed by atoms with van der Waals surface area (Å²) in [6.07, 6.45) is 4.92. The molecule has 0 atom stereocenters. The van der Waals surface area contributed by atoms with Crippen molar-refractivity contribution in [1.82, 2.24) is 15.2 Å². The maximum Gasteiger partial charge on any atom is 0.410 e. The molecule has 0 aliphatic carbocycles. The van der Waals surface area contributed by atoms with Gasteiger partial charge in [-0.15, -0.1) is 0 Å². The number of likely N-dealkylation sites (tertiary alicyclic amines) is 1. The molecule has 3 rings (SSSR count). The highest BCUT2D eigenvalue weighted by Crippen LogP contribution is 2.23. The number of likely N-dealkylation sites (N-methyl/N-ethyl adjacent to an activating group) is 1. The van der Waals surface area contributed by atoms with Crippen molar-refractivity contribution in [2.75, 3.05) is 44.7 Å². The van der Waals surface area contributed by atoms with Gasteiger partial charge in [0.25, 0.3) is 5.91 Å². The Morgan fingerprint density at radius 2 is 1.92 bits per heavy atom. The van der Waals surface area contributed by atoms with E-state index in [0.29, 0.717) is 19.0 Å². The highest BCUT2D eigenvalue weighted by Gasteiger charge is 2.25. The number of nitrogens with one attached hydrogen (secondary N) is 1. The molecule has 2 saturated heterocycles. The minimum atomic E-state index is -0.402. The predicted molar refractivity (Wildman–Crippen MR) is 99.1 cm³/mol. The Labute approximate surface area is 154 Å². The molecule has 0 saturated carbocycles. The fraction of sp³-hybridized carbons (Fsp3) is 0.632. The Kier molecular flexibility index (Phi) is 6.30. The quantitative estimate of drug-likeness (QED) is 0.867. The third-order valence-electron chi connectivity index (χ3n) is 5.20. The van der Waals surface area contributed by atoms with Gasteiger partial charge in [-0.1, -0.05) is 6.07 Å². The Morgan fingerprint density at radius 3 is 2.62 bits per heavy atom. The minimum Gasteiger partial charge on any atom is -0.439 e. The smallest absolute Gasteiger partial charge is 0.410 e. The van der Waals surface area contributed by atoms with Gasteiger partial charge in [0.1, 0.15) is 5.82 Å². The van der Waals surface area contributed by atoms with E-state index in [1.807, 2.05) is 0 Å². The van der Waals surface area contributed by atoms with Gasteiger partial charge in [-0.05, 0) is 50.2 Å². The first-order valence-corrected chi connectivity index (χ1v) is 9.49. The molecule has 1 aromatic rings. The molecule has 7 heteroatoms. The van der Waals surface area contributed by atoms with Crippen molar-refractivity contribution < 1.29 is 14.3 Å². The van der Waals surface area contributed by atoms with Crippen LogP contribution >= 0.6 is 0 Å². The third kappa shape index (κ3) is 4.86. The molecule has 142 valence electrons. The number of nitrogens with zero attached hydrogens (tertiary/aromatic N) is 3. The molecule has 1 N–H and O–H groups in total. The zero-order chi connectivity index (χ0) is 18.4. The lowest BCUT2D eigenvalue weighted by Gasteiger charge is -2.31. The number of piperidine rings is 1. The standard InChI is InChI=1S/C19H28N4O3/c1-20-18(24)14-26-19(25)23-11-7-15(8-12-23)13-16-5-4-6-17(21-16)22-9-2-3-10-22/h4-6,15H,2-3,7-14H2,1H3,(H,20,24). The fourth-order valence-corrected chi connectivity index (χ4v) is 3.61. The summed E-state index contributed by atoms with van der Waals surface area (Å²) in [5.41, 5.74) is 1.13. The average molecular weight is 360 g/mol. The van der Waals surface area contributed by atoms with Crippen LogP contribution in [-0.2, 0) is 16.0 Å². The van der Waals surface area contributed by atoms with Crippen molar-refractivity contribution in [3.63, 3.8) is 0 Å². The number of rotatable bonds is 5. The zero-order valence-electron chi connectivity index (χ0n) is 15.4. The second-order valence-electron chi connectivity index (χ2n) is 7.04. The van der Waals surface area contributed by atoms with Gasteiger partial charge in [-0.25, -0.2) is 9.78 Å². The van der Waals surface area contributed by atoms with Crippen LogP contribution in [0.3, 0.4) is 0 Å². The van der Waals surface area contributed by atoms with Crippen LogP contribution < -0.4 is 10.2 Å². The van der Waals surface area contributed by atoms with Gasteiger partial charge in [-0.3, -0.25) is 4.79 Å². The molecule has 0 bridgehead atoms. The summed E-state index contributed by atoms with van der Waals surface area (Å²) in [5, 5.41) is 2.44. The molecule has 2 aliphatic heterocycles. The van der Waals surface area contributed by atoms with Gasteiger partial charge in [0.05, 0.1) is 0 Å². The number of hydrogen-bond acceptors (Lipinski definition) is 5. The summed E-state index contributed by atoms with van der Waals surface area (Å²) in [7, 11) is 1.52. The lowest BCUT2D eigenvalue weighted by molar-refractivity contribution is -0.123. The van der Waals surface area contributed by atoms with Crippen LogP contribution in [0, 0.1) is 5.92 Å². The molecular formula is C19H28N4O3.